The summed E-state index contributed by atoms with van der Waals surface area (Å²) in [6.07, 6.45) is 6.72. The van der Waals surface area contributed by atoms with Crippen molar-refractivity contribution in [2.75, 3.05) is 19.6 Å². The monoisotopic (exact) mass is 257 g/mol. The number of likely N-dealkylation sites (tertiary alicyclic amines) is 1. The molecule has 2 fully saturated rings. The van der Waals surface area contributed by atoms with Crippen LogP contribution in [-0.4, -0.2) is 36.7 Å². The fourth-order valence-electron chi connectivity index (χ4n) is 3.28. The highest BCUT2D eigenvalue weighted by Crippen LogP contribution is 2.23. The fraction of sp³-hybridized carbons (Fsp3) is 0.923. The Hall–Kier alpha value is -0.490. The maximum atomic E-state index is 12.2. The molecule has 1 saturated heterocycles. The lowest BCUT2D eigenvalue weighted by Gasteiger charge is -2.31. The average Bonchev–Trinajstić information content (AvgIpc) is 2.40. The summed E-state index contributed by atoms with van der Waals surface area (Å²) in [5.74, 6) is 0.505. The van der Waals surface area contributed by atoms with Gasteiger partial charge in [-0.05, 0) is 32.1 Å². The molecule has 0 radical (unpaired) electrons. The first-order valence-electron chi connectivity index (χ1n) is 7.26. The van der Waals surface area contributed by atoms with E-state index in [1.807, 2.05) is 0 Å². The number of ketones is 1. The molecule has 2 aliphatic rings. The van der Waals surface area contributed by atoms with E-state index in [-0.39, 0.29) is 12.0 Å². The van der Waals surface area contributed by atoms with E-state index in [2.05, 4.69) is 0 Å². The van der Waals surface area contributed by atoms with E-state index >= 15 is 0 Å². The molecule has 1 aliphatic carbocycles. The molecule has 1 heterocycles. The van der Waals surface area contributed by atoms with Crippen molar-refractivity contribution in [3.05, 3.63) is 5.21 Å². The second-order valence-corrected chi connectivity index (χ2v) is 5.84. The molecule has 1 aliphatic heterocycles. The third kappa shape index (κ3) is 3.75. The zero-order valence-electron chi connectivity index (χ0n) is 11.0. The Morgan fingerprint density at radius 3 is 2.33 bits per heavy atom. The smallest absolute Gasteiger partial charge is 0.189 e. The van der Waals surface area contributed by atoms with Crippen LogP contribution in [-0.2, 0) is 4.79 Å². The van der Waals surface area contributed by atoms with Gasteiger partial charge in [0.05, 0.1) is 13.1 Å². The van der Waals surface area contributed by atoms with Crippen LogP contribution >= 0.6 is 0 Å². The molecule has 18 heavy (non-hydrogen) atoms. The van der Waals surface area contributed by atoms with Crippen LogP contribution in [0.4, 0.5) is 0 Å². The highest BCUT2D eigenvalue weighted by molar-refractivity contribution is 5.81. The number of hydroxylamine groups is 2. The summed E-state index contributed by atoms with van der Waals surface area (Å²) in [5.41, 5.74) is 0. The van der Waals surface area contributed by atoms with E-state index in [0.717, 1.165) is 25.9 Å². The quantitative estimate of drug-likeness (QED) is 0.563. The lowest BCUT2D eigenvalue weighted by Crippen LogP contribution is -3.13. The molecule has 0 aromatic rings. The van der Waals surface area contributed by atoms with Crippen LogP contribution in [0.5, 0.6) is 0 Å². The van der Waals surface area contributed by atoms with Gasteiger partial charge in [0.25, 0.3) is 0 Å². The minimum atomic E-state index is -0.692. The van der Waals surface area contributed by atoms with E-state index in [1.165, 1.54) is 24.2 Å². The van der Waals surface area contributed by atoms with Crippen molar-refractivity contribution in [1.29, 1.82) is 0 Å². The normalized spacial score (nSPS) is 32.1. The maximum Gasteiger partial charge on any atom is 0.189 e. The molecule has 5 nitrogen and oxygen atoms in total. The number of nitrogens with one attached hydrogen (secondary N) is 2. The van der Waals surface area contributed by atoms with Crippen molar-refractivity contribution in [1.82, 2.24) is 0 Å². The van der Waals surface area contributed by atoms with Crippen molar-refractivity contribution in [2.24, 2.45) is 5.92 Å². The van der Waals surface area contributed by atoms with Crippen molar-refractivity contribution in [3.8, 4) is 0 Å². The molecule has 1 atom stereocenters. The maximum absolute atomic E-state index is 12.2. The van der Waals surface area contributed by atoms with Crippen LogP contribution in [0, 0.1) is 11.1 Å². The van der Waals surface area contributed by atoms with Crippen molar-refractivity contribution < 1.29 is 20.1 Å². The molecule has 2 rings (SSSR count). The van der Waals surface area contributed by atoms with Gasteiger partial charge < -0.3 is 10.1 Å². The molecule has 1 saturated carbocycles. The largest absolute Gasteiger partial charge is 0.600 e. The van der Waals surface area contributed by atoms with Crippen LogP contribution in [0.25, 0.3) is 0 Å². The van der Waals surface area contributed by atoms with Gasteiger partial charge in [0.2, 0.25) is 0 Å². The second kappa shape index (κ2) is 6.61. The summed E-state index contributed by atoms with van der Waals surface area (Å²) < 4.78 is 0. The Balaban J connectivity index is 1.73. The Morgan fingerprint density at radius 1 is 1.17 bits per heavy atom. The summed E-state index contributed by atoms with van der Waals surface area (Å²) in [4.78, 5) is 13.6. The number of quaternary nitrogens is 2. The number of rotatable bonds is 4. The van der Waals surface area contributed by atoms with Gasteiger partial charge in [0.1, 0.15) is 12.6 Å². The summed E-state index contributed by atoms with van der Waals surface area (Å²) in [6, 6.07) is -0.212. The average molecular weight is 257 g/mol. The Bertz CT molecular complexity index is 269. The number of hydrogen-bond acceptors (Lipinski definition) is 3. The third-order valence-corrected chi connectivity index (χ3v) is 4.52. The first-order valence-corrected chi connectivity index (χ1v) is 7.26. The Labute approximate surface area is 108 Å². The van der Waals surface area contributed by atoms with E-state index in [4.69, 9.17) is 5.21 Å². The van der Waals surface area contributed by atoms with Gasteiger partial charge in [-0.3, -0.25) is 4.79 Å². The third-order valence-electron chi connectivity index (χ3n) is 4.52. The molecule has 5 heteroatoms. The van der Waals surface area contributed by atoms with Gasteiger partial charge >= 0.3 is 0 Å². The number of carbonyl (C=O) groups is 1. The van der Waals surface area contributed by atoms with Crippen LogP contribution in [0.3, 0.4) is 0 Å². The van der Waals surface area contributed by atoms with Gasteiger partial charge in [0, 0.05) is 18.8 Å². The fourth-order valence-corrected chi connectivity index (χ4v) is 3.28. The molecule has 1 unspecified atom stereocenters. The first-order chi connectivity index (χ1) is 8.66. The number of hydrogen-bond donors (Lipinski definition) is 3. The number of Topliss-reactive ketones (excluding diaryl/α,β-unsaturated/α-hetero) is 1. The highest BCUT2D eigenvalue weighted by Gasteiger charge is 2.31. The van der Waals surface area contributed by atoms with E-state index in [9.17, 15) is 10.0 Å². The summed E-state index contributed by atoms with van der Waals surface area (Å²) in [6.45, 7) is 2.94. The van der Waals surface area contributed by atoms with Gasteiger partial charge in [-0.2, -0.15) is 0 Å². The van der Waals surface area contributed by atoms with Gasteiger partial charge in [-0.15, -0.1) is 0 Å². The van der Waals surface area contributed by atoms with Crippen LogP contribution in [0.1, 0.15) is 44.9 Å². The number of carbonyl (C=O) groups excluding carboxylic acids is 1. The molecule has 0 bridgehead atoms. The summed E-state index contributed by atoms with van der Waals surface area (Å²) >= 11 is 0. The van der Waals surface area contributed by atoms with Crippen LogP contribution in [0.15, 0.2) is 0 Å². The zero-order valence-corrected chi connectivity index (χ0v) is 11.0. The topological polar surface area (TPSA) is 69.2 Å². The minimum absolute atomic E-state index is 0.134. The van der Waals surface area contributed by atoms with E-state index < -0.39 is 5.23 Å². The zero-order chi connectivity index (χ0) is 13.0. The predicted molar refractivity (Wildman–Crippen MR) is 66.3 cm³/mol. The van der Waals surface area contributed by atoms with E-state index in [0.29, 0.717) is 25.2 Å². The first kappa shape index (κ1) is 13.9. The summed E-state index contributed by atoms with van der Waals surface area (Å²) in [5, 5.41) is 19.1. The molecule has 0 aromatic carbocycles. The second-order valence-electron chi connectivity index (χ2n) is 5.84. The SMILES string of the molecule is O=C(C[NH+]1CCCCC1)C1CCC([NH+]([O-])O)CC1. The van der Waals surface area contributed by atoms with Crippen molar-refractivity contribution >= 4 is 5.78 Å². The van der Waals surface area contributed by atoms with Gasteiger partial charge in [0.15, 0.2) is 5.78 Å². The van der Waals surface area contributed by atoms with Crippen LogP contribution in [0.2, 0.25) is 0 Å². The standard InChI is InChI=1S/C13H24N2O3/c16-13(10-14-8-2-1-3-9-14)11-4-6-12(7-5-11)15(17)18/h11-12,15,17H,1-10H2/p+1. The highest BCUT2D eigenvalue weighted by atomic mass is 16.8. The molecule has 3 N–H and O–H groups in total. The Kier molecular flexibility index (Phi) is 5.12. The van der Waals surface area contributed by atoms with Gasteiger partial charge in [-0.1, -0.05) is 0 Å². The molecular formula is C13H25N2O3+. The Morgan fingerprint density at radius 2 is 1.78 bits per heavy atom. The number of piperidine rings is 1. The molecule has 104 valence electrons. The molecular weight excluding hydrogens is 232 g/mol. The molecule has 0 aromatic heterocycles. The van der Waals surface area contributed by atoms with E-state index in [1.54, 1.807) is 0 Å². The lowest BCUT2D eigenvalue weighted by molar-refractivity contribution is -1.07. The predicted octanol–water partition coefficient (Wildman–Crippen LogP) is -1.04. The lowest BCUT2D eigenvalue weighted by atomic mass is 9.83. The molecule has 0 spiro atoms. The summed E-state index contributed by atoms with van der Waals surface area (Å²) in [7, 11) is 0. The van der Waals surface area contributed by atoms with Crippen molar-refractivity contribution in [2.45, 2.75) is 51.0 Å². The van der Waals surface area contributed by atoms with Crippen LogP contribution < -0.4 is 10.1 Å². The van der Waals surface area contributed by atoms with Crippen molar-refractivity contribution in [3.63, 3.8) is 0 Å². The minimum Gasteiger partial charge on any atom is -0.600 e. The van der Waals surface area contributed by atoms with Gasteiger partial charge in [-0.25, -0.2) is 10.4 Å². The molecule has 0 amide bonds.